The summed E-state index contributed by atoms with van der Waals surface area (Å²) in [5.74, 6) is 0. The molecule has 0 unspecified atom stereocenters. The van der Waals surface area contributed by atoms with E-state index in [2.05, 4.69) is 119 Å². The minimum atomic E-state index is -0.826. The van der Waals surface area contributed by atoms with Gasteiger partial charge in [0.1, 0.15) is 0 Å². The molecule has 6 heteroatoms. The zero-order valence-electron chi connectivity index (χ0n) is 16.3. The molecule has 0 saturated heterocycles. The van der Waals surface area contributed by atoms with Crippen LogP contribution in [0.4, 0.5) is 0 Å². The molecule has 0 aromatic heterocycles. The van der Waals surface area contributed by atoms with Gasteiger partial charge in [0.15, 0.2) is 0 Å². The summed E-state index contributed by atoms with van der Waals surface area (Å²) in [5, 5.41) is 5.25. The molecule has 2 radical (unpaired) electrons. The summed E-state index contributed by atoms with van der Waals surface area (Å²) in [4.78, 5) is 0. The Labute approximate surface area is 206 Å². The van der Waals surface area contributed by atoms with Crippen molar-refractivity contribution in [1.82, 2.24) is 0 Å². The normalized spacial score (nSPS) is 9.43. The molecule has 0 nitrogen and oxygen atoms in total. The van der Waals surface area contributed by atoms with Gasteiger partial charge in [-0.25, -0.2) is 0 Å². The van der Waals surface area contributed by atoms with Gasteiger partial charge in [-0.1, -0.05) is 70.9 Å². The first-order valence-corrected chi connectivity index (χ1v) is 18.5. The van der Waals surface area contributed by atoms with Crippen molar-refractivity contribution in [2.75, 3.05) is 0 Å². The second-order valence-electron chi connectivity index (χ2n) is 6.12. The Hall–Kier alpha value is 0.300. The molecule has 0 saturated carbocycles. The van der Waals surface area contributed by atoms with E-state index >= 15 is 0 Å². The van der Waals surface area contributed by atoms with E-state index in [1.807, 2.05) is 0 Å². The minimum absolute atomic E-state index is 0.826. The molecule has 0 bridgehead atoms. The summed E-state index contributed by atoms with van der Waals surface area (Å²) >= 11 is 6.19. The molecule has 0 heterocycles. The van der Waals surface area contributed by atoms with Crippen molar-refractivity contribution >= 4 is 80.0 Å². The van der Waals surface area contributed by atoms with Crippen LogP contribution in [-0.2, 0) is 20.8 Å². The summed E-state index contributed by atoms with van der Waals surface area (Å²) < 4.78 is 2.37. The molecule has 4 aromatic rings. The Bertz CT molecular complexity index is 899. The van der Waals surface area contributed by atoms with Crippen LogP contribution in [0.25, 0.3) is 21.5 Å². The molecule has 146 valence electrons. The molecule has 0 aliphatic carbocycles. The van der Waals surface area contributed by atoms with E-state index in [0.29, 0.717) is 0 Å². The third kappa shape index (κ3) is 8.58. The zero-order valence-corrected chi connectivity index (χ0v) is 24.4. The summed E-state index contributed by atoms with van der Waals surface area (Å²) in [5.41, 5.74) is 2.65. The van der Waals surface area contributed by atoms with Crippen LogP contribution in [-0.4, -0.2) is 9.52 Å². The van der Waals surface area contributed by atoms with Crippen molar-refractivity contribution < 1.29 is 20.8 Å². The van der Waals surface area contributed by atoms with E-state index in [9.17, 15) is 0 Å². The van der Waals surface area contributed by atoms with E-state index in [1.54, 1.807) is 0 Å². The van der Waals surface area contributed by atoms with Crippen LogP contribution in [0.1, 0.15) is 11.1 Å². The fourth-order valence-corrected chi connectivity index (χ4v) is 3.68. The molecule has 4 aromatic carbocycles. The standard InChI is InChI=1S/2C10H8Br.C2H6Si.2ClH.Zr/c2*1-7-5-8-3-2-4-10(11)9(8)6-7;1-3-2;;;/h2*2-6H,1H3;1-2H3;2*1H;/q2*-1;;;;+4/p-2. The van der Waals surface area contributed by atoms with Gasteiger partial charge in [-0.2, -0.15) is 12.1 Å². The van der Waals surface area contributed by atoms with E-state index in [4.69, 9.17) is 17.0 Å². The second-order valence-corrected chi connectivity index (χ2v) is 12.6. The van der Waals surface area contributed by atoms with Gasteiger partial charge in [-0.15, -0.1) is 69.1 Å². The Morgan fingerprint density at radius 3 is 1.39 bits per heavy atom. The number of aryl methyl sites for hydroxylation is 2. The summed E-state index contributed by atoms with van der Waals surface area (Å²) in [6, 6.07) is 21.3. The first kappa shape index (κ1) is 26.3. The first-order valence-electron chi connectivity index (χ1n) is 8.55. The van der Waals surface area contributed by atoms with Crippen LogP contribution >= 0.6 is 48.9 Å². The van der Waals surface area contributed by atoms with Crippen molar-refractivity contribution in [3.05, 3.63) is 80.7 Å². The van der Waals surface area contributed by atoms with Crippen molar-refractivity contribution in [3.63, 3.8) is 0 Å². The Morgan fingerprint density at radius 1 is 0.786 bits per heavy atom. The molecule has 4 rings (SSSR count). The molecule has 0 amide bonds. The predicted molar refractivity (Wildman–Crippen MR) is 133 cm³/mol. The van der Waals surface area contributed by atoms with Crippen LogP contribution in [0.3, 0.4) is 0 Å². The molecule has 28 heavy (non-hydrogen) atoms. The van der Waals surface area contributed by atoms with Gasteiger partial charge in [0.05, 0.1) is 0 Å². The van der Waals surface area contributed by atoms with Crippen LogP contribution in [0.2, 0.25) is 13.1 Å². The number of hydrogen-bond donors (Lipinski definition) is 0. The van der Waals surface area contributed by atoms with Crippen LogP contribution in [0.15, 0.2) is 69.6 Å². The topological polar surface area (TPSA) is 0 Å². The van der Waals surface area contributed by atoms with Gasteiger partial charge in [-0.3, -0.25) is 0 Å². The molecular formula is C22H22Br2Cl2SiZr. The van der Waals surface area contributed by atoms with Gasteiger partial charge >= 0.3 is 37.9 Å². The van der Waals surface area contributed by atoms with Crippen LogP contribution < -0.4 is 0 Å². The Kier molecular flexibility index (Phi) is 13.5. The predicted octanol–water partition coefficient (Wildman–Crippen LogP) is 9.42. The molecule has 0 fully saturated rings. The Balaban J connectivity index is 0.000000220. The number of fused-ring (bicyclic) bond motifs is 2. The quantitative estimate of drug-likeness (QED) is 0.133. The van der Waals surface area contributed by atoms with Crippen molar-refractivity contribution in [2.24, 2.45) is 0 Å². The maximum absolute atomic E-state index is 4.93. The summed E-state index contributed by atoms with van der Waals surface area (Å²) in [6.45, 7) is 8.54. The van der Waals surface area contributed by atoms with Crippen LogP contribution in [0.5, 0.6) is 0 Å². The van der Waals surface area contributed by atoms with Gasteiger partial charge in [0.2, 0.25) is 0 Å². The van der Waals surface area contributed by atoms with Crippen molar-refractivity contribution in [2.45, 2.75) is 26.9 Å². The van der Waals surface area contributed by atoms with Gasteiger partial charge in [-0.05, 0) is 8.95 Å². The summed E-state index contributed by atoms with van der Waals surface area (Å²) in [6.07, 6.45) is 0. The van der Waals surface area contributed by atoms with Crippen molar-refractivity contribution in [3.8, 4) is 0 Å². The van der Waals surface area contributed by atoms with E-state index < -0.39 is 20.8 Å². The molecule has 0 N–H and O–H groups in total. The fraction of sp³-hybridized carbons (Fsp3) is 0.182. The van der Waals surface area contributed by atoms with E-state index in [-0.39, 0.29) is 0 Å². The van der Waals surface area contributed by atoms with Gasteiger partial charge < -0.3 is 0 Å². The molecule has 0 aliphatic heterocycles. The molecule has 0 spiro atoms. The molecule has 0 aliphatic rings. The number of hydrogen-bond acceptors (Lipinski definition) is 0. The van der Waals surface area contributed by atoms with Gasteiger partial charge in [0, 0.05) is 9.52 Å². The van der Waals surface area contributed by atoms with E-state index in [1.165, 1.54) is 41.6 Å². The number of rotatable bonds is 0. The third-order valence-electron chi connectivity index (χ3n) is 3.68. The maximum atomic E-state index is 4.93. The van der Waals surface area contributed by atoms with Gasteiger partial charge in [0.25, 0.3) is 0 Å². The SMILES string of the molecule is C[Si]C.Cc1cc2c(Br)cccc2[cH-]1.Cc1cc2c(Br)cccc2[cH-]1.[Cl][Zr+2][Cl]. The average Bonchev–Trinajstić information content (AvgIpc) is 3.20. The number of halogens is 4. The summed E-state index contributed by atoms with van der Waals surface area (Å²) in [7, 11) is 11.0. The third-order valence-corrected chi connectivity index (χ3v) is 5.07. The Morgan fingerprint density at radius 2 is 1.11 bits per heavy atom. The fourth-order valence-electron chi connectivity index (χ4n) is 2.69. The number of benzene rings is 2. The monoisotopic (exact) mass is 632 g/mol. The zero-order chi connectivity index (χ0) is 21.1. The average molecular weight is 636 g/mol. The molecule has 0 atom stereocenters. The first-order chi connectivity index (χ1) is 13.4. The second kappa shape index (κ2) is 14.3. The van der Waals surface area contributed by atoms with Crippen molar-refractivity contribution in [1.29, 1.82) is 0 Å². The van der Waals surface area contributed by atoms with E-state index in [0.717, 1.165) is 9.52 Å². The van der Waals surface area contributed by atoms with Crippen LogP contribution in [0, 0.1) is 13.8 Å². The molecular weight excluding hydrogens is 614 g/mol.